The second kappa shape index (κ2) is 13.6. The summed E-state index contributed by atoms with van der Waals surface area (Å²) in [6, 6.07) is 4.56. The number of unbranched alkanes of at least 4 members (excludes halogenated alkanes) is 5. The van der Waals surface area contributed by atoms with Gasteiger partial charge in [0, 0.05) is 24.5 Å². The van der Waals surface area contributed by atoms with Crippen LogP contribution < -0.4 is 9.67 Å². The Labute approximate surface area is 130 Å². The summed E-state index contributed by atoms with van der Waals surface area (Å²) < 4.78 is 2.32. The molecule has 0 N–H and O–H groups in total. The van der Waals surface area contributed by atoms with Gasteiger partial charge < -0.3 is 9.90 Å². The Kier molecular flexibility index (Phi) is 12.7. The summed E-state index contributed by atoms with van der Waals surface area (Å²) in [6.45, 7) is 6.67. The van der Waals surface area contributed by atoms with Crippen molar-refractivity contribution in [1.82, 2.24) is 0 Å². The van der Waals surface area contributed by atoms with Gasteiger partial charge in [0.15, 0.2) is 12.4 Å². The minimum absolute atomic E-state index is 0.972. The summed E-state index contributed by atoms with van der Waals surface area (Å²) in [4.78, 5) is 8.89. The highest BCUT2D eigenvalue weighted by molar-refractivity contribution is 5.60. The van der Waals surface area contributed by atoms with Gasteiger partial charge in [-0.2, -0.15) is 0 Å². The van der Waals surface area contributed by atoms with E-state index in [0.717, 1.165) is 6.92 Å². The molecule has 0 saturated heterocycles. The smallest absolute Gasteiger partial charge is 0.169 e. The monoisotopic (exact) mass is 293 g/mol. The van der Waals surface area contributed by atoms with E-state index in [0.29, 0.717) is 0 Å². The molecule has 0 atom stereocenters. The van der Waals surface area contributed by atoms with E-state index in [1.54, 1.807) is 0 Å². The van der Waals surface area contributed by atoms with Crippen LogP contribution in [-0.2, 0) is 17.8 Å². The van der Waals surface area contributed by atoms with Gasteiger partial charge in [-0.05, 0) is 31.7 Å². The molecule has 1 aromatic rings. The molecule has 3 heteroatoms. The second-order valence-electron chi connectivity index (χ2n) is 5.45. The lowest BCUT2D eigenvalue weighted by molar-refractivity contribution is -0.697. The Hall–Kier alpha value is -1.38. The molecule has 0 unspecified atom stereocenters. The van der Waals surface area contributed by atoms with E-state index in [2.05, 4.69) is 42.9 Å². The van der Waals surface area contributed by atoms with E-state index >= 15 is 0 Å². The first kappa shape index (κ1) is 19.6. The lowest BCUT2D eigenvalue weighted by Crippen LogP contribution is -2.32. The van der Waals surface area contributed by atoms with Gasteiger partial charge in [-0.15, -0.1) is 0 Å². The van der Waals surface area contributed by atoms with Crippen molar-refractivity contribution in [2.45, 2.75) is 78.7 Å². The van der Waals surface area contributed by atoms with Crippen LogP contribution in [0, 0.1) is 0 Å². The Morgan fingerprint density at radius 1 is 1.00 bits per heavy atom. The molecule has 1 aromatic heterocycles. The third-order valence-electron chi connectivity index (χ3n) is 3.30. The molecule has 0 aliphatic carbocycles. The SMILES string of the molecule is CC(=O)[O-].CCCCCCC[n+]1ccc(CCCC)cc1. The number of aliphatic carboxylic acids is 1. The normalized spacial score (nSPS) is 9.86. The summed E-state index contributed by atoms with van der Waals surface area (Å²) in [5.74, 6) is -1.08. The maximum atomic E-state index is 8.89. The number of carboxylic acids is 1. The molecule has 1 heterocycles. The maximum Gasteiger partial charge on any atom is 0.169 e. The first-order valence-electron chi connectivity index (χ1n) is 8.25. The van der Waals surface area contributed by atoms with Crippen LogP contribution in [0.5, 0.6) is 0 Å². The molecule has 21 heavy (non-hydrogen) atoms. The molecule has 0 fully saturated rings. The molecule has 0 spiro atoms. The number of hydrogen-bond donors (Lipinski definition) is 0. The van der Waals surface area contributed by atoms with Crippen molar-refractivity contribution in [3.8, 4) is 0 Å². The van der Waals surface area contributed by atoms with Crippen LogP contribution in [-0.4, -0.2) is 5.97 Å². The molecule has 0 aromatic carbocycles. The molecule has 3 nitrogen and oxygen atoms in total. The average Bonchev–Trinajstić information content (AvgIpc) is 2.45. The van der Waals surface area contributed by atoms with Crippen LogP contribution in [0.25, 0.3) is 0 Å². The van der Waals surface area contributed by atoms with Crippen molar-refractivity contribution in [2.75, 3.05) is 0 Å². The topological polar surface area (TPSA) is 44.0 Å². The molecular formula is C18H31NO2. The zero-order valence-corrected chi connectivity index (χ0v) is 13.9. The maximum absolute atomic E-state index is 8.89. The molecule has 0 saturated carbocycles. The van der Waals surface area contributed by atoms with Crippen molar-refractivity contribution < 1.29 is 14.5 Å². The number of carbonyl (C=O) groups is 1. The lowest BCUT2D eigenvalue weighted by atomic mass is 10.1. The molecule has 120 valence electrons. The summed E-state index contributed by atoms with van der Waals surface area (Å²) >= 11 is 0. The molecule has 0 bridgehead atoms. The average molecular weight is 293 g/mol. The summed E-state index contributed by atoms with van der Waals surface area (Å²) in [7, 11) is 0. The quantitative estimate of drug-likeness (QED) is 0.519. The fourth-order valence-corrected chi connectivity index (χ4v) is 2.08. The van der Waals surface area contributed by atoms with Crippen LogP contribution in [0.15, 0.2) is 24.5 Å². The predicted octanol–water partition coefficient (Wildman–Crippen LogP) is 3.04. The fraction of sp³-hybridized carbons (Fsp3) is 0.667. The summed E-state index contributed by atoms with van der Waals surface area (Å²) in [5.41, 5.74) is 1.48. The summed E-state index contributed by atoms with van der Waals surface area (Å²) in [6.07, 6.45) is 15.1. The number of carboxylic acid groups (broad SMARTS) is 1. The third kappa shape index (κ3) is 13.4. The third-order valence-corrected chi connectivity index (χ3v) is 3.30. The first-order chi connectivity index (χ1) is 10.1. The van der Waals surface area contributed by atoms with E-state index in [-0.39, 0.29) is 0 Å². The van der Waals surface area contributed by atoms with Gasteiger partial charge in [0.2, 0.25) is 0 Å². The molecule has 0 aliphatic heterocycles. The Bertz CT molecular complexity index is 356. The predicted molar refractivity (Wildman–Crippen MR) is 84.7 cm³/mol. The number of aryl methyl sites for hydroxylation is 2. The zero-order valence-electron chi connectivity index (χ0n) is 13.9. The van der Waals surface area contributed by atoms with Gasteiger partial charge in [0.1, 0.15) is 6.54 Å². The van der Waals surface area contributed by atoms with Crippen LogP contribution in [0.3, 0.4) is 0 Å². The molecule has 1 rings (SSSR count). The molecule has 0 amide bonds. The van der Waals surface area contributed by atoms with Crippen molar-refractivity contribution in [1.29, 1.82) is 0 Å². The van der Waals surface area contributed by atoms with Gasteiger partial charge in [0.05, 0.1) is 0 Å². The number of nitrogens with zero attached hydrogens (tertiary/aromatic N) is 1. The highest BCUT2D eigenvalue weighted by atomic mass is 16.4. The minimum atomic E-state index is -1.08. The van der Waals surface area contributed by atoms with Crippen molar-refractivity contribution in [3.63, 3.8) is 0 Å². The zero-order chi connectivity index (χ0) is 15.9. The van der Waals surface area contributed by atoms with Gasteiger partial charge in [-0.3, -0.25) is 0 Å². The highest BCUT2D eigenvalue weighted by Gasteiger charge is 2.00. The highest BCUT2D eigenvalue weighted by Crippen LogP contribution is 2.04. The number of aromatic nitrogens is 1. The minimum Gasteiger partial charge on any atom is -0.550 e. The number of rotatable bonds is 9. The lowest BCUT2D eigenvalue weighted by Gasteiger charge is -2.00. The van der Waals surface area contributed by atoms with E-state index in [4.69, 9.17) is 9.90 Å². The van der Waals surface area contributed by atoms with E-state index in [1.165, 1.54) is 63.5 Å². The first-order valence-corrected chi connectivity index (χ1v) is 8.25. The van der Waals surface area contributed by atoms with Gasteiger partial charge in [-0.25, -0.2) is 4.57 Å². The van der Waals surface area contributed by atoms with Crippen molar-refractivity contribution >= 4 is 5.97 Å². The summed E-state index contributed by atoms with van der Waals surface area (Å²) in [5, 5.41) is 8.89. The van der Waals surface area contributed by atoms with Crippen LogP contribution >= 0.6 is 0 Å². The van der Waals surface area contributed by atoms with Crippen LogP contribution in [0.4, 0.5) is 0 Å². The Balaban J connectivity index is 0.000000885. The fourth-order valence-electron chi connectivity index (χ4n) is 2.08. The van der Waals surface area contributed by atoms with Crippen molar-refractivity contribution in [2.24, 2.45) is 0 Å². The Morgan fingerprint density at radius 2 is 1.52 bits per heavy atom. The van der Waals surface area contributed by atoms with E-state index in [1.807, 2.05) is 0 Å². The van der Waals surface area contributed by atoms with Gasteiger partial charge >= 0.3 is 0 Å². The number of carbonyl (C=O) groups excluding carboxylic acids is 1. The number of pyridine rings is 1. The number of hydrogen-bond acceptors (Lipinski definition) is 2. The van der Waals surface area contributed by atoms with Gasteiger partial charge in [-0.1, -0.05) is 39.5 Å². The standard InChI is InChI=1S/C16H28N.C2H4O2/c1-3-5-7-8-9-13-17-14-11-16(12-15-17)10-6-4-2;1-2(3)4/h11-12,14-15H,3-10,13H2,1-2H3;1H3,(H,3,4)/q+1;/p-1. The molecule has 0 aliphatic rings. The van der Waals surface area contributed by atoms with Crippen molar-refractivity contribution in [3.05, 3.63) is 30.1 Å². The van der Waals surface area contributed by atoms with Crippen LogP contribution in [0.1, 0.15) is 71.3 Å². The van der Waals surface area contributed by atoms with E-state index in [9.17, 15) is 0 Å². The largest absolute Gasteiger partial charge is 0.550 e. The Morgan fingerprint density at radius 3 is 2.05 bits per heavy atom. The second-order valence-corrected chi connectivity index (χ2v) is 5.45. The molecular weight excluding hydrogens is 262 g/mol. The van der Waals surface area contributed by atoms with E-state index < -0.39 is 5.97 Å². The van der Waals surface area contributed by atoms with Crippen LogP contribution in [0.2, 0.25) is 0 Å². The van der Waals surface area contributed by atoms with Gasteiger partial charge in [0.25, 0.3) is 0 Å². The molecule has 0 radical (unpaired) electrons.